The number of carbonyl (C=O) groups is 2. The van der Waals surface area contributed by atoms with E-state index in [4.69, 9.17) is 9.47 Å². The molecule has 0 spiro atoms. The lowest BCUT2D eigenvalue weighted by molar-refractivity contribution is -0.138. The molecule has 3 rings (SSSR count). The number of para-hydroxylation sites is 2. The van der Waals surface area contributed by atoms with Gasteiger partial charge in [0.25, 0.3) is 0 Å². The average molecular weight is 374 g/mol. The number of hydrogen-bond donors (Lipinski definition) is 2. The Bertz CT molecular complexity index is 726. The fourth-order valence-electron chi connectivity index (χ4n) is 3.34. The van der Waals surface area contributed by atoms with Crippen molar-refractivity contribution in [2.45, 2.75) is 6.92 Å². The van der Waals surface area contributed by atoms with Crippen LogP contribution in [0.25, 0.3) is 0 Å². The van der Waals surface area contributed by atoms with Gasteiger partial charge < -0.3 is 25.0 Å². The molecular formula is C19H26N4O4. The summed E-state index contributed by atoms with van der Waals surface area (Å²) in [4.78, 5) is 28.4. The minimum Gasteiger partial charge on any atom is -0.495 e. The molecule has 0 aromatic heterocycles. The summed E-state index contributed by atoms with van der Waals surface area (Å²) in [5.41, 5.74) is 2.20. The van der Waals surface area contributed by atoms with Crippen molar-refractivity contribution in [3.05, 3.63) is 35.5 Å². The molecule has 146 valence electrons. The molecule has 0 bridgehead atoms. The lowest BCUT2D eigenvalue weighted by Crippen LogP contribution is -2.51. The van der Waals surface area contributed by atoms with Gasteiger partial charge in [-0.3, -0.25) is 4.90 Å². The van der Waals surface area contributed by atoms with Gasteiger partial charge in [0.15, 0.2) is 0 Å². The number of methoxy groups -OCH3 is 1. The van der Waals surface area contributed by atoms with Crippen molar-refractivity contribution in [1.82, 2.24) is 15.5 Å². The van der Waals surface area contributed by atoms with Crippen LogP contribution in [-0.2, 0) is 9.53 Å². The number of ether oxygens (including phenoxy) is 2. The number of urea groups is 1. The van der Waals surface area contributed by atoms with Gasteiger partial charge in [0.2, 0.25) is 0 Å². The Morgan fingerprint density at radius 2 is 1.93 bits per heavy atom. The zero-order valence-electron chi connectivity index (χ0n) is 15.8. The van der Waals surface area contributed by atoms with Gasteiger partial charge in [0, 0.05) is 38.4 Å². The monoisotopic (exact) mass is 374 g/mol. The lowest BCUT2D eigenvalue weighted by atomic mass is 10.1. The standard InChI is InChI=1S/C19H26N4O4/c1-3-27-18(24)14-12-20-19(25)21-15(14)13-22-8-10-23(11-9-22)16-6-4-5-7-17(16)26-2/h4-7H,3,8-13H2,1-2H3,(H2,20,21,25). The number of piperazine rings is 1. The number of hydrogen-bond acceptors (Lipinski definition) is 6. The van der Waals surface area contributed by atoms with E-state index in [0.29, 0.717) is 24.4 Å². The van der Waals surface area contributed by atoms with Gasteiger partial charge in [0.05, 0.1) is 31.5 Å². The van der Waals surface area contributed by atoms with Gasteiger partial charge in [0.1, 0.15) is 5.75 Å². The molecular weight excluding hydrogens is 348 g/mol. The molecule has 0 saturated carbocycles. The summed E-state index contributed by atoms with van der Waals surface area (Å²) in [5, 5.41) is 5.40. The van der Waals surface area contributed by atoms with Crippen LogP contribution in [0, 0.1) is 0 Å². The Balaban J connectivity index is 1.65. The number of rotatable bonds is 6. The topological polar surface area (TPSA) is 83.1 Å². The third-order valence-electron chi connectivity index (χ3n) is 4.76. The van der Waals surface area contributed by atoms with Gasteiger partial charge in [-0.1, -0.05) is 12.1 Å². The summed E-state index contributed by atoms with van der Waals surface area (Å²) in [5.74, 6) is 0.483. The second kappa shape index (κ2) is 8.77. The van der Waals surface area contributed by atoms with Crippen molar-refractivity contribution in [3.8, 4) is 5.75 Å². The predicted octanol–water partition coefficient (Wildman–Crippen LogP) is 0.947. The molecule has 2 aliphatic rings. The lowest BCUT2D eigenvalue weighted by Gasteiger charge is -2.37. The van der Waals surface area contributed by atoms with Crippen molar-refractivity contribution >= 4 is 17.7 Å². The summed E-state index contributed by atoms with van der Waals surface area (Å²) < 4.78 is 10.6. The molecule has 2 amide bonds. The first kappa shape index (κ1) is 19.0. The predicted molar refractivity (Wildman–Crippen MR) is 102 cm³/mol. The highest BCUT2D eigenvalue weighted by molar-refractivity contribution is 5.93. The van der Waals surface area contributed by atoms with Crippen LogP contribution < -0.4 is 20.3 Å². The van der Waals surface area contributed by atoms with Gasteiger partial charge in [-0.25, -0.2) is 9.59 Å². The second-order valence-corrected chi connectivity index (χ2v) is 6.42. The first-order chi connectivity index (χ1) is 13.1. The Morgan fingerprint density at radius 1 is 1.19 bits per heavy atom. The summed E-state index contributed by atoms with van der Waals surface area (Å²) in [6, 6.07) is 7.70. The van der Waals surface area contributed by atoms with Crippen LogP contribution in [0.5, 0.6) is 5.75 Å². The Labute approximate surface area is 159 Å². The summed E-state index contributed by atoms with van der Waals surface area (Å²) >= 11 is 0. The molecule has 0 aliphatic carbocycles. The van der Waals surface area contributed by atoms with Crippen LogP contribution in [0.4, 0.5) is 10.5 Å². The van der Waals surface area contributed by atoms with E-state index in [9.17, 15) is 9.59 Å². The van der Waals surface area contributed by atoms with E-state index in [0.717, 1.165) is 37.6 Å². The molecule has 0 radical (unpaired) electrons. The average Bonchev–Trinajstić information content (AvgIpc) is 2.69. The first-order valence-electron chi connectivity index (χ1n) is 9.16. The van der Waals surface area contributed by atoms with Crippen LogP contribution in [0.3, 0.4) is 0 Å². The fraction of sp³-hybridized carbons (Fsp3) is 0.474. The second-order valence-electron chi connectivity index (χ2n) is 6.42. The Hall–Kier alpha value is -2.74. The molecule has 27 heavy (non-hydrogen) atoms. The quantitative estimate of drug-likeness (QED) is 0.722. The summed E-state index contributed by atoms with van der Waals surface area (Å²) in [7, 11) is 1.68. The van der Waals surface area contributed by atoms with Crippen LogP contribution in [0.2, 0.25) is 0 Å². The summed E-state index contributed by atoms with van der Waals surface area (Å²) in [6.45, 7) is 6.11. The third-order valence-corrected chi connectivity index (χ3v) is 4.76. The zero-order chi connectivity index (χ0) is 19.2. The number of anilines is 1. The molecule has 0 unspecified atom stereocenters. The van der Waals surface area contributed by atoms with E-state index in [1.54, 1.807) is 14.0 Å². The highest BCUT2D eigenvalue weighted by Crippen LogP contribution is 2.28. The zero-order valence-corrected chi connectivity index (χ0v) is 15.8. The number of benzene rings is 1. The molecule has 2 aliphatic heterocycles. The molecule has 2 heterocycles. The van der Waals surface area contributed by atoms with E-state index >= 15 is 0 Å². The van der Waals surface area contributed by atoms with Crippen LogP contribution in [-0.4, -0.2) is 69.9 Å². The van der Waals surface area contributed by atoms with Gasteiger partial charge in [-0.05, 0) is 19.1 Å². The summed E-state index contributed by atoms with van der Waals surface area (Å²) in [6.07, 6.45) is 0. The number of nitrogens with one attached hydrogen (secondary N) is 2. The number of nitrogens with zero attached hydrogens (tertiary/aromatic N) is 2. The van der Waals surface area contributed by atoms with Gasteiger partial charge >= 0.3 is 12.0 Å². The Morgan fingerprint density at radius 3 is 2.63 bits per heavy atom. The van der Waals surface area contributed by atoms with Gasteiger partial charge in [-0.2, -0.15) is 0 Å². The van der Waals surface area contributed by atoms with Crippen molar-refractivity contribution in [2.24, 2.45) is 0 Å². The SMILES string of the molecule is CCOC(=O)C1=C(CN2CCN(c3ccccc3OC)CC2)NC(=O)NC1. The van der Waals surface area contributed by atoms with E-state index in [1.807, 2.05) is 18.2 Å². The molecule has 1 aromatic carbocycles. The van der Waals surface area contributed by atoms with Crippen LogP contribution in [0.1, 0.15) is 6.92 Å². The minimum absolute atomic E-state index is 0.196. The van der Waals surface area contributed by atoms with E-state index in [-0.39, 0.29) is 18.5 Å². The molecule has 2 N–H and O–H groups in total. The molecule has 8 heteroatoms. The van der Waals surface area contributed by atoms with Crippen molar-refractivity contribution in [3.63, 3.8) is 0 Å². The van der Waals surface area contributed by atoms with Gasteiger partial charge in [-0.15, -0.1) is 0 Å². The number of amides is 2. The number of esters is 1. The smallest absolute Gasteiger partial charge is 0.337 e. The van der Waals surface area contributed by atoms with Crippen molar-refractivity contribution in [1.29, 1.82) is 0 Å². The minimum atomic E-state index is -0.382. The molecule has 1 aromatic rings. The first-order valence-corrected chi connectivity index (χ1v) is 9.16. The number of carbonyl (C=O) groups excluding carboxylic acids is 2. The van der Waals surface area contributed by atoms with Crippen LogP contribution >= 0.6 is 0 Å². The molecule has 0 atom stereocenters. The molecule has 1 saturated heterocycles. The highest BCUT2D eigenvalue weighted by Gasteiger charge is 2.26. The maximum Gasteiger partial charge on any atom is 0.337 e. The van der Waals surface area contributed by atoms with Crippen molar-refractivity contribution < 1.29 is 19.1 Å². The third kappa shape index (κ3) is 4.51. The largest absolute Gasteiger partial charge is 0.495 e. The van der Waals surface area contributed by atoms with Crippen molar-refractivity contribution in [2.75, 3.05) is 57.9 Å². The maximum absolute atomic E-state index is 12.2. The van der Waals surface area contributed by atoms with Crippen LogP contribution in [0.15, 0.2) is 35.5 Å². The van der Waals surface area contributed by atoms with E-state index in [2.05, 4.69) is 26.5 Å². The fourth-order valence-corrected chi connectivity index (χ4v) is 3.34. The maximum atomic E-state index is 12.2. The highest BCUT2D eigenvalue weighted by atomic mass is 16.5. The van der Waals surface area contributed by atoms with E-state index in [1.165, 1.54) is 0 Å². The normalized spacial score (nSPS) is 18.0. The molecule has 8 nitrogen and oxygen atoms in total. The van der Waals surface area contributed by atoms with E-state index < -0.39 is 0 Å². The Kier molecular flexibility index (Phi) is 6.18. The molecule has 1 fully saturated rings.